The summed E-state index contributed by atoms with van der Waals surface area (Å²) < 4.78 is 48.8. The maximum Gasteiger partial charge on any atom is 0.260 e. The average molecular weight is 307 g/mol. The van der Waals surface area contributed by atoms with E-state index in [1.165, 1.54) is 13.1 Å². The highest BCUT2D eigenvalue weighted by atomic mass is 32.2. The summed E-state index contributed by atoms with van der Waals surface area (Å²) in [6.07, 6.45) is 1.36. The quantitative estimate of drug-likeness (QED) is 0.725. The number of aromatic nitrogens is 1. The lowest BCUT2D eigenvalue weighted by molar-refractivity contribution is 0.578. The molecular weight excluding hydrogens is 290 g/mol. The molecule has 0 saturated heterocycles. The fourth-order valence-electron chi connectivity index (χ4n) is 1.34. The summed E-state index contributed by atoms with van der Waals surface area (Å²) in [5, 5.41) is 2.57. The van der Waals surface area contributed by atoms with E-state index in [0.717, 1.165) is 0 Å². The van der Waals surface area contributed by atoms with Crippen molar-refractivity contribution < 1.29 is 16.8 Å². The predicted molar refractivity (Wildman–Crippen MR) is 73.3 cm³/mol. The molecule has 0 spiro atoms. The van der Waals surface area contributed by atoms with Crippen molar-refractivity contribution in [3.05, 3.63) is 18.3 Å². The largest absolute Gasteiger partial charge is 0.386 e. The number of nitrogens with zero attached hydrogens (tertiary/aromatic N) is 1. The van der Waals surface area contributed by atoms with Gasteiger partial charge in [-0.2, -0.15) is 0 Å². The Labute approximate surface area is 113 Å². The summed E-state index contributed by atoms with van der Waals surface area (Å²) in [6, 6.07) is 3.18. The smallest absolute Gasteiger partial charge is 0.260 e. The monoisotopic (exact) mass is 307 g/mol. The van der Waals surface area contributed by atoms with Gasteiger partial charge in [-0.3, -0.25) is 0 Å². The molecule has 108 valence electrons. The van der Waals surface area contributed by atoms with Crippen LogP contribution in [-0.4, -0.2) is 46.9 Å². The number of rotatable bonds is 7. The van der Waals surface area contributed by atoms with E-state index in [9.17, 15) is 16.8 Å². The summed E-state index contributed by atoms with van der Waals surface area (Å²) in [5.74, 6) is -0.246. The van der Waals surface area contributed by atoms with Gasteiger partial charge in [0.05, 0.1) is 11.4 Å². The second-order valence-corrected chi connectivity index (χ2v) is 7.90. The van der Waals surface area contributed by atoms with Crippen LogP contribution in [0.5, 0.6) is 0 Å². The van der Waals surface area contributed by atoms with Crippen LogP contribution in [0.25, 0.3) is 0 Å². The second-order valence-electron chi connectivity index (χ2n) is 3.74. The molecule has 0 amide bonds. The Morgan fingerprint density at radius 3 is 2.53 bits per heavy atom. The Balaban J connectivity index is 2.82. The molecule has 0 aliphatic carbocycles. The molecule has 0 aliphatic rings. The van der Waals surface area contributed by atoms with Crippen molar-refractivity contribution >= 4 is 25.5 Å². The van der Waals surface area contributed by atoms with Crippen molar-refractivity contribution in [2.45, 2.75) is 11.9 Å². The lowest BCUT2D eigenvalue weighted by Gasteiger charge is -2.09. The lowest BCUT2D eigenvalue weighted by Crippen LogP contribution is -2.30. The van der Waals surface area contributed by atoms with Crippen LogP contribution in [0.4, 0.5) is 5.69 Å². The van der Waals surface area contributed by atoms with Crippen LogP contribution in [-0.2, 0) is 19.9 Å². The van der Waals surface area contributed by atoms with Gasteiger partial charge in [-0.05, 0) is 12.1 Å². The molecule has 0 saturated carbocycles. The topological polar surface area (TPSA) is 105 Å². The Morgan fingerprint density at radius 1 is 1.26 bits per heavy atom. The fourth-order valence-corrected chi connectivity index (χ4v) is 3.34. The van der Waals surface area contributed by atoms with Gasteiger partial charge in [-0.1, -0.05) is 6.92 Å². The predicted octanol–water partition coefficient (Wildman–Crippen LogP) is -0.164. The number of sulfone groups is 1. The van der Waals surface area contributed by atoms with Crippen molar-refractivity contribution in [1.82, 2.24) is 9.71 Å². The van der Waals surface area contributed by atoms with Crippen molar-refractivity contribution in [3.63, 3.8) is 0 Å². The fraction of sp³-hybridized carbons (Fsp3) is 0.500. The highest BCUT2D eigenvalue weighted by Crippen LogP contribution is 2.16. The summed E-state index contributed by atoms with van der Waals surface area (Å²) in [4.78, 5) is 3.79. The summed E-state index contributed by atoms with van der Waals surface area (Å²) in [6.45, 7) is 1.35. The van der Waals surface area contributed by atoms with E-state index in [2.05, 4.69) is 15.0 Å². The van der Waals surface area contributed by atoms with Crippen LogP contribution in [0, 0.1) is 0 Å². The Morgan fingerprint density at radius 2 is 1.95 bits per heavy atom. The SMILES string of the molecule is CCS(=O)(=O)CCNS(=O)(=O)c1ncccc1NC. The van der Waals surface area contributed by atoms with Crippen LogP contribution in [0.3, 0.4) is 0 Å². The number of anilines is 1. The molecule has 0 aromatic carbocycles. The maximum absolute atomic E-state index is 12.0. The van der Waals surface area contributed by atoms with Gasteiger partial charge < -0.3 is 5.32 Å². The number of pyridine rings is 1. The minimum atomic E-state index is -3.82. The molecule has 1 heterocycles. The van der Waals surface area contributed by atoms with Gasteiger partial charge in [0.2, 0.25) is 0 Å². The van der Waals surface area contributed by atoms with Crippen LogP contribution in [0.15, 0.2) is 23.4 Å². The van der Waals surface area contributed by atoms with Crippen molar-refractivity contribution in [1.29, 1.82) is 0 Å². The van der Waals surface area contributed by atoms with Crippen molar-refractivity contribution in [2.75, 3.05) is 30.4 Å². The number of nitrogens with one attached hydrogen (secondary N) is 2. The van der Waals surface area contributed by atoms with E-state index >= 15 is 0 Å². The summed E-state index contributed by atoms with van der Waals surface area (Å²) in [7, 11) is -5.44. The third kappa shape index (κ3) is 4.44. The van der Waals surface area contributed by atoms with E-state index < -0.39 is 19.9 Å². The number of sulfonamides is 1. The Hall–Kier alpha value is -1.19. The van der Waals surface area contributed by atoms with Crippen molar-refractivity contribution in [3.8, 4) is 0 Å². The molecule has 1 aromatic rings. The standard InChI is InChI=1S/C10H17N3O4S2/c1-3-18(14,15)8-7-13-19(16,17)10-9(11-2)5-4-6-12-10/h4-6,11,13H,3,7-8H2,1-2H3. The molecule has 9 heteroatoms. The van der Waals surface area contributed by atoms with E-state index in [4.69, 9.17) is 0 Å². The minimum absolute atomic E-state index is 0.0138. The Bertz CT molecular complexity index is 626. The second kappa shape index (κ2) is 6.31. The van der Waals surface area contributed by atoms with Crippen LogP contribution < -0.4 is 10.0 Å². The molecule has 2 N–H and O–H groups in total. The van der Waals surface area contributed by atoms with Gasteiger partial charge in [-0.25, -0.2) is 26.5 Å². The van der Waals surface area contributed by atoms with Crippen LogP contribution in [0.1, 0.15) is 6.92 Å². The zero-order valence-corrected chi connectivity index (χ0v) is 12.4. The van der Waals surface area contributed by atoms with Gasteiger partial charge in [0.1, 0.15) is 0 Å². The molecular formula is C10H17N3O4S2. The van der Waals surface area contributed by atoms with Gasteiger partial charge in [0.25, 0.3) is 10.0 Å². The highest BCUT2D eigenvalue weighted by Gasteiger charge is 2.20. The maximum atomic E-state index is 12.0. The van der Waals surface area contributed by atoms with Gasteiger partial charge in [0.15, 0.2) is 14.9 Å². The first kappa shape index (κ1) is 15.9. The van der Waals surface area contributed by atoms with Gasteiger partial charge >= 0.3 is 0 Å². The molecule has 7 nitrogen and oxygen atoms in total. The molecule has 0 atom stereocenters. The first-order chi connectivity index (χ1) is 8.82. The minimum Gasteiger partial charge on any atom is -0.386 e. The molecule has 0 bridgehead atoms. The summed E-state index contributed by atoms with van der Waals surface area (Å²) in [5.41, 5.74) is 0.355. The van der Waals surface area contributed by atoms with E-state index in [-0.39, 0.29) is 23.1 Å². The molecule has 0 fully saturated rings. The molecule has 0 unspecified atom stereocenters. The third-order valence-corrected chi connectivity index (χ3v) is 5.56. The number of hydrogen-bond acceptors (Lipinski definition) is 6. The van der Waals surface area contributed by atoms with Gasteiger partial charge in [0, 0.05) is 25.5 Å². The normalized spacial score (nSPS) is 12.3. The van der Waals surface area contributed by atoms with E-state index in [0.29, 0.717) is 5.69 Å². The third-order valence-electron chi connectivity index (χ3n) is 2.44. The lowest BCUT2D eigenvalue weighted by atomic mass is 10.4. The van der Waals surface area contributed by atoms with E-state index in [1.54, 1.807) is 19.2 Å². The first-order valence-electron chi connectivity index (χ1n) is 5.65. The molecule has 0 radical (unpaired) electrons. The van der Waals surface area contributed by atoms with E-state index in [1.807, 2.05) is 0 Å². The Kier molecular flexibility index (Phi) is 5.27. The molecule has 0 aliphatic heterocycles. The van der Waals surface area contributed by atoms with Gasteiger partial charge in [-0.15, -0.1) is 0 Å². The average Bonchev–Trinajstić information content (AvgIpc) is 2.38. The first-order valence-corrected chi connectivity index (χ1v) is 8.95. The van der Waals surface area contributed by atoms with Crippen LogP contribution in [0.2, 0.25) is 0 Å². The number of hydrogen-bond donors (Lipinski definition) is 2. The highest BCUT2D eigenvalue weighted by molar-refractivity contribution is 7.91. The zero-order valence-electron chi connectivity index (χ0n) is 10.8. The molecule has 1 aromatic heterocycles. The zero-order chi connectivity index (χ0) is 14.5. The molecule has 19 heavy (non-hydrogen) atoms. The van der Waals surface area contributed by atoms with Crippen LogP contribution >= 0.6 is 0 Å². The molecule has 1 rings (SSSR count). The summed E-state index contributed by atoms with van der Waals surface area (Å²) >= 11 is 0. The van der Waals surface area contributed by atoms with Crippen molar-refractivity contribution in [2.24, 2.45) is 0 Å².